The molecule has 0 saturated carbocycles. The predicted octanol–water partition coefficient (Wildman–Crippen LogP) is 2.16. The second-order valence-corrected chi connectivity index (χ2v) is 6.86. The molecule has 3 N–H and O–H groups in total. The van der Waals surface area contributed by atoms with Gasteiger partial charge < -0.3 is 15.4 Å². The van der Waals surface area contributed by atoms with E-state index in [1.54, 1.807) is 55.5 Å². The molecule has 0 bridgehead atoms. The number of aromatic nitrogens is 2. The number of hydrogen-bond donors (Lipinski definition) is 3. The van der Waals surface area contributed by atoms with E-state index in [4.69, 9.17) is 0 Å². The number of hydrogen-bond acceptors (Lipinski definition) is 5. The molecular weight excluding hydrogens is 384 g/mol. The molecular formula is C22H18N4O4. The first-order chi connectivity index (χ1) is 14.4. The normalized spacial score (nSPS) is 13.2. The topological polar surface area (TPSA) is 115 Å². The lowest BCUT2D eigenvalue weighted by Gasteiger charge is -2.22. The van der Waals surface area contributed by atoms with Gasteiger partial charge in [-0.1, -0.05) is 12.1 Å². The minimum Gasteiger partial charge on any atom is -0.508 e. The zero-order chi connectivity index (χ0) is 21.3. The van der Waals surface area contributed by atoms with Crippen molar-refractivity contribution in [3.05, 3.63) is 82.4 Å². The van der Waals surface area contributed by atoms with Crippen LogP contribution >= 0.6 is 0 Å². The zero-order valence-electron chi connectivity index (χ0n) is 16.0. The summed E-state index contributed by atoms with van der Waals surface area (Å²) in [6, 6.07) is 13.5. The van der Waals surface area contributed by atoms with Gasteiger partial charge in [-0.3, -0.25) is 14.5 Å². The van der Waals surface area contributed by atoms with E-state index in [9.17, 15) is 19.5 Å². The molecule has 1 aliphatic rings. The lowest BCUT2D eigenvalue weighted by molar-refractivity contribution is -0.117. The summed E-state index contributed by atoms with van der Waals surface area (Å²) in [6.07, 6.45) is 2.72. The van der Waals surface area contributed by atoms with Crippen LogP contribution in [0.2, 0.25) is 0 Å². The Morgan fingerprint density at radius 3 is 2.67 bits per heavy atom. The van der Waals surface area contributed by atoms with E-state index in [1.807, 2.05) is 0 Å². The molecule has 30 heavy (non-hydrogen) atoms. The first-order valence-corrected chi connectivity index (χ1v) is 9.19. The van der Waals surface area contributed by atoms with Crippen molar-refractivity contribution in [3.8, 4) is 28.3 Å². The molecule has 0 fully saturated rings. The van der Waals surface area contributed by atoms with E-state index >= 15 is 0 Å². The van der Waals surface area contributed by atoms with E-state index in [1.165, 1.54) is 17.2 Å². The Kier molecular flexibility index (Phi) is 4.89. The number of phenols is 1. The Morgan fingerprint density at radius 1 is 1.10 bits per heavy atom. The van der Waals surface area contributed by atoms with Gasteiger partial charge in [-0.25, -0.2) is 4.79 Å². The lowest BCUT2D eigenvalue weighted by Crippen LogP contribution is -2.41. The van der Waals surface area contributed by atoms with Crippen LogP contribution < -0.4 is 11.0 Å². The molecule has 1 aromatic heterocycles. The van der Waals surface area contributed by atoms with Gasteiger partial charge in [-0.15, -0.1) is 0 Å². The highest BCUT2D eigenvalue weighted by Gasteiger charge is 2.18. The Labute approximate surface area is 171 Å². The van der Waals surface area contributed by atoms with Gasteiger partial charge in [0.2, 0.25) is 5.91 Å². The van der Waals surface area contributed by atoms with Gasteiger partial charge in [0.25, 0.3) is 5.91 Å². The molecule has 0 spiro atoms. The summed E-state index contributed by atoms with van der Waals surface area (Å²) in [5, 5.41) is 12.3. The van der Waals surface area contributed by atoms with Crippen LogP contribution in [0.3, 0.4) is 0 Å². The van der Waals surface area contributed by atoms with Crippen LogP contribution in [0.4, 0.5) is 0 Å². The minimum absolute atomic E-state index is 0.0893. The number of carbonyl (C=O) groups is 2. The van der Waals surface area contributed by atoms with E-state index in [0.717, 1.165) is 5.56 Å². The van der Waals surface area contributed by atoms with Crippen LogP contribution in [0.25, 0.3) is 22.5 Å². The van der Waals surface area contributed by atoms with Crippen molar-refractivity contribution >= 4 is 11.8 Å². The third-order valence-electron chi connectivity index (χ3n) is 4.75. The number of aromatic hydroxyl groups is 1. The molecule has 2 heterocycles. The lowest BCUT2D eigenvalue weighted by atomic mass is 10.0. The second-order valence-electron chi connectivity index (χ2n) is 6.86. The SMILES string of the molecule is Cc1cc(-c2cc(-c3cccc(C(=O)N4C=CC(=O)NC4)c3)nc(=O)[nH]2)ccc1O. The fourth-order valence-electron chi connectivity index (χ4n) is 3.13. The van der Waals surface area contributed by atoms with Gasteiger partial charge in [0, 0.05) is 23.4 Å². The summed E-state index contributed by atoms with van der Waals surface area (Å²) in [5.74, 6) is -0.366. The van der Waals surface area contributed by atoms with Gasteiger partial charge in [-0.05, 0) is 54.4 Å². The van der Waals surface area contributed by atoms with Crippen LogP contribution in [0.1, 0.15) is 15.9 Å². The third kappa shape index (κ3) is 3.83. The summed E-state index contributed by atoms with van der Waals surface area (Å²) in [6.45, 7) is 1.86. The van der Waals surface area contributed by atoms with Gasteiger partial charge in [0.15, 0.2) is 0 Å². The first-order valence-electron chi connectivity index (χ1n) is 9.19. The Hall–Kier alpha value is -4.20. The maximum atomic E-state index is 12.7. The molecule has 0 radical (unpaired) electrons. The molecule has 2 aromatic carbocycles. The van der Waals surface area contributed by atoms with Crippen molar-refractivity contribution in [3.63, 3.8) is 0 Å². The molecule has 1 aliphatic heterocycles. The van der Waals surface area contributed by atoms with E-state index in [2.05, 4.69) is 15.3 Å². The third-order valence-corrected chi connectivity index (χ3v) is 4.75. The molecule has 2 amide bonds. The first kappa shape index (κ1) is 19.1. The number of carbonyl (C=O) groups excluding carboxylic acids is 2. The Balaban J connectivity index is 1.70. The molecule has 4 rings (SSSR count). The van der Waals surface area contributed by atoms with Gasteiger partial charge in [-0.2, -0.15) is 4.98 Å². The number of aryl methyl sites for hydroxylation is 1. The number of benzene rings is 2. The van der Waals surface area contributed by atoms with E-state index in [0.29, 0.717) is 28.1 Å². The largest absolute Gasteiger partial charge is 0.508 e. The van der Waals surface area contributed by atoms with Crippen LogP contribution in [0, 0.1) is 6.92 Å². The number of amides is 2. The minimum atomic E-state index is -0.522. The van der Waals surface area contributed by atoms with Gasteiger partial charge in [0.1, 0.15) is 5.75 Å². The van der Waals surface area contributed by atoms with Crippen molar-refractivity contribution in [2.75, 3.05) is 6.67 Å². The van der Waals surface area contributed by atoms with Crippen LogP contribution in [0.5, 0.6) is 5.75 Å². The average molecular weight is 402 g/mol. The summed E-state index contributed by atoms with van der Waals surface area (Å²) < 4.78 is 0. The Bertz CT molecular complexity index is 1250. The van der Waals surface area contributed by atoms with E-state index < -0.39 is 5.69 Å². The summed E-state index contributed by atoms with van der Waals surface area (Å²) in [7, 11) is 0. The highest BCUT2D eigenvalue weighted by Crippen LogP contribution is 2.26. The average Bonchev–Trinajstić information content (AvgIpc) is 2.75. The summed E-state index contributed by atoms with van der Waals surface area (Å²) >= 11 is 0. The molecule has 3 aromatic rings. The fraction of sp³-hybridized carbons (Fsp3) is 0.0909. The zero-order valence-corrected chi connectivity index (χ0v) is 16.0. The van der Waals surface area contributed by atoms with Crippen molar-refractivity contribution < 1.29 is 14.7 Å². The van der Waals surface area contributed by atoms with Gasteiger partial charge in [0.05, 0.1) is 18.1 Å². The monoisotopic (exact) mass is 402 g/mol. The maximum absolute atomic E-state index is 12.7. The fourth-order valence-corrected chi connectivity index (χ4v) is 3.13. The molecule has 150 valence electrons. The number of nitrogens with one attached hydrogen (secondary N) is 2. The molecule has 8 nitrogen and oxygen atoms in total. The number of H-pyrrole nitrogens is 1. The number of nitrogens with zero attached hydrogens (tertiary/aromatic N) is 2. The number of aromatic amines is 1. The molecule has 0 saturated heterocycles. The summed E-state index contributed by atoms with van der Waals surface area (Å²) in [5.41, 5.74) is 2.86. The Morgan fingerprint density at radius 2 is 1.93 bits per heavy atom. The highest BCUT2D eigenvalue weighted by atomic mass is 16.3. The van der Waals surface area contributed by atoms with Crippen LogP contribution in [0.15, 0.2) is 65.6 Å². The van der Waals surface area contributed by atoms with Crippen LogP contribution in [-0.2, 0) is 4.79 Å². The van der Waals surface area contributed by atoms with Crippen LogP contribution in [-0.4, -0.2) is 38.5 Å². The van der Waals surface area contributed by atoms with Crippen molar-refractivity contribution in [1.82, 2.24) is 20.2 Å². The maximum Gasteiger partial charge on any atom is 0.345 e. The molecule has 0 aliphatic carbocycles. The highest BCUT2D eigenvalue weighted by molar-refractivity contribution is 5.98. The van der Waals surface area contributed by atoms with Crippen molar-refractivity contribution in [1.29, 1.82) is 0 Å². The smallest absolute Gasteiger partial charge is 0.345 e. The quantitative estimate of drug-likeness (QED) is 0.621. The second kappa shape index (κ2) is 7.67. The van der Waals surface area contributed by atoms with Crippen molar-refractivity contribution in [2.24, 2.45) is 0 Å². The number of phenolic OH excluding ortho intramolecular Hbond substituents is 1. The number of rotatable bonds is 3. The molecule has 8 heteroatoms. The predicted molar refractivity (Wildman–Crippen MR) is 110 cm³/mol. The summed E-state index contributed by atoms with van der Waals surface area (Å²) in [4.78, 5) is 44.3. The standard InChI is InChI=1S/C22H18N4O4/c1-13-9-15(5-6-19(13)27)18-11-17(24-22(30)25-18)14-3-2-4-16(10-14)21(29)26-8-7-20(28)23-12-26/h2-11,27H,12H2,1H3,(H,23,28)(H,24,25,30). The van der Waals surface area contributed by atoms with Gasteiger partial charge >= 0.3 is 5.69 Å². The molecule has 0 atom stereocenters. The van der Waals surface area contributed by atoms with Crippen molar-refractivity contribution in [2.45, 2.75) is 6.92 Å². The molecule has 0 unspecified atom stereocenters. The van der Waals surface area contributed by atoms with E-state index in [-0.39, 0.29) is 24.2 Å².